The smallest absolute Gasteiger partial charge is 0.108 e. The molecule has 2 N–H and O–H groups in total. The van der Waals surface area contributed by atoms with Gasteiger partial charge in [0, 0.05) is 30.3 Å². The summed E-state index contributed by atoms with van der Waals surface area (Å²) in [5.74, 6) is 1.10. The molecule has 3 heteroatoms. The van der Waals surface area contributed by atoms with Gasteiger partial charge in [0.25, 0.3) is 0 Å². The molecule has 1 aliphatic carbocycles. The fourth-order valence-electron chi connectivity index (χ4n) is 2.35. The van der Waals surface area contributed by atoms with Crippen LogP contribution in [0.1, 0.15) is 31.3 Å². The van der Waals surface area contributed by atoms with Gasteiger partial charge in [-0.15, -0.1) is 0 Å². The zero-order chi connectivity index (χ0) is 13.1. The lowest BCUT2D eigenvalue weighted by Crippen LogP contribution is -2.19. The highest BCUT2D eigenvalue weighted by Crippen LogP contribution is 2.22. The summed E-state index contributed by atoms with van der Waals surface area (Å²) in [6, 6.07) is 11.2. The van der Waals surface area contributed by atoms with Crippen molar-refractivity contribution in [1.29, 1.82) is 0 Å². The van der Waals surface area contributed by atoms with Gasteiger partial charge in [-0.3, -0.25) is 0 Å². The Balaban J connectivity index is 1.73. The molecule has 1 aromatic carbocycles. The number of nitrogens with one attached hydrogen (secondary N) is 2. The highest BCUT2D eigenvalue weighted by molar-refractivity contribution is 5.62. The van der Waals surface area contributed by atoms with Crippen LogP contribution in [0.25, 0.3) is 11.3 Å². The fourth-order valence-corrected chi connectivity index (χ4v) is 2.35. The van der Waals surface area contributed by atoms with Crippen LogP contribution < -0.4 is 5.32 Å². The molecule has 1 aliphatic rings. The second-order valence-electron chi connectivity index (χ2n) is 5.21. The molecule has 1 saturated carbocycles. The number of rotatable bonds is 6. The topological polar surface area (TPSA) is 40.7 Å². The van der Waals surface area contributed by atoms with E-state index >= 15 is 0 Å². The maximum absolute atomic E-state index is 4.77. The van der Waals surface area contributed by atoms with Crippen molar-refractivity contribution in [2.45, 2.75) is 38.6 Å². The van der Waals surface area contributed by atoms with E-state index in [0.717, 1.165) is 36.9 Å². The molecule has 100 valence electrons. The van der Waals surface area contributed by atoms with E-state index in [9.17, 15) is 0 Å². The molecule has 0 radical (unpaired) electrons. The number of H-pyrrole nitrogens is 1. The predicted molar refractivity (Wildman–Crippen MR) is 78.1 cm³/mol. The van der Waals surface area contributed by atoms with E-state index < -0.39 is 0 Å². The van der Waals surface area contributed by atoms with Crippen molar-refractivity contribution < 1.29 is 0 Å². The molecule has 3 rings (SSSR count). The Labute approximate surface area is 114 Å². The predicted octanol–water partition coefficient (Wildman–Crippen LogP) is 2.93. The van der Waals surface area contributed by atoms with Gasteiger partial charge in [-0.25, -0.2) is 4.98 Å². The lowest BCUT2D eigenvalue weighted by Gasteiger charge is -1.99. The molecular formula is C16H21N3. The van der Waals surface area contributed by atoms with Gasteiger partial charge in [0.1, 0.15) is 5.82 Å². The molecule has 0 atom stereocenters. The Morgan fingerprint density at radius 1 is 1.26 bits per heavy atom. The van der Waals surface area contributed by atoms with Crippen molar-refractivity contribution in [3.8, 4) is 11.3 Å². The van der Waals surface area contributed by atoms with E-state index in [2.05, 4.69) is 41.5 Å². The van der Waals surface area contributed by atoms with E-state index in [1.165, 1.54) is 24.1 Å². The Bertz CT molecular complexity index is 526. The second-order valence-corrected chi connectivity index (χ2v) is 5.21. The normalized spacial score (nSPS) is 14.8. The Morgan fingerprint density at radius 2 is 2.05 bits per heavy atom. The monoisotopic (exact) mass is 255 g/mol. The number of hydrogen-bond donors (Lipinski definition) is 2. The molecule has 1 heterocycles. The number of aromatic nitrogens is 2. The average molecular weight is 255 g/mol. The van der Waals surface area contributed by atoms with Crippen LogP contribution in [0.2, 0.25) is 0 Å². The van der Waals surface area contributed by atoms with Crippen molar-refractivity contribution >= 4 is 0 Å². The third-order valence-electron chi connectivity index (χ3n) is 3.60. The van der Waals surface area contributed by atoms with Gasteiger partial charge >= 0.3 is 0 Å². The van der Waals surface area contributed by atoms with E-state index in [4.69, 9.17) is 4.98 Å². The molecule has 19 heavy (non-hydrogen) atoms. The molecule has 0 saturated heterocycles. The number of aryl methyl sites for hydroxylation is 1. The largest absolute Gasteiger partial charge is 0.345 e. The first kappa shape index (κ1) is 12.4. The summed E-state index contributed by atoms with van der Waals surface area (Å²) in [6.07, 6.45) is 4.66. The first-order chi connectivity index (χ1) is 9.36. The van der Waals surface area contributed by atoms with Gasteiger partial charge in [-0.2, -0.15) is 0 Å². The minimum absolute atomic E-state index is 0.772. The number of hydrogen-bond acceptors (Lipinski definition) is 2. The van der Waals surface area contributed by atoms with Crippen LogP contribution in [-0.4, -0.2) is 22.6 Å². The summed E-state index contributed by atoms with van der Waals surface area (Å²) in [7, 11) is 0. The zero-order valence-corrected chi connectivity index (χ0v) is 11.4. The summed E-state index contributed by atoms with van der Waals surface area (Å²) >= 11 is 0. The fraction of sp³-hybridized carbons (Fsp3) is 0.438. The molecule has 0 aliphatic heterocycles. The van der Waals surface area contributed by atoms with Crippen molar-refractivity contribution in [3.05, 3.63) is 41.9 Å². The maximum Gasteiger partial charge on any atom is 0.108 e. The Kier molecular flexibility index (Phi) is 3.65. The molecule has 1 fully saturated rings. The second kappa shape index (κ2) is 5.57. The number of benzene rings is 1. The summed E-state index contributed by atoms with van der Waals surface area (Å²) in [5, 5.41) is 3.53. The lowest BCUT2D eigenvalue weighted by atomic mass is 10.1. The molecule has 1 aromatic heterocycles. The van der Waals surface area contributed by atoms with Crippen LogP contribution in [0.5, 0.6) is 0 Å². The van der Waals surface area contributed by atoms with Crippen LogP contribution >= 0.6 is 0 Å². The molecule has 3 nitrogen and oxygen atoms in total. The summed E-state index contributed by atoms with van der Waals surface area (Å²) in [5.41, 5.74) is 3.56. The maximum atomic E-state index is 4.77. The molecular weight excluding hydrogens is 234 g/mol. The standard InChI is InChI=1S/C16H21N3/c1-2-14-16(12-6-4-3-5-7-12)19-15(18-14)10-11-17-13-8-9-13/h3-7,13,17H,2,8-11H2,1H3,(H,18,19). The van der Waals surface area contributed by atoms with Gasteiger partial charge in [0.15, 0.2) is 0 Å². The quantitative estimate of drug-likeness (QED) is 0.833. The van der Waals surface area contributed by atoms with Crippen LogP contribution in [0.3, 0.4) is 0 Å². The number of aromatic amines is 1. The van der Waals surface area contributed by atoms with Crippen LogP contribution in [-0.2, 0) is 12.8 Å². The first-order valence-electron chi connectivity index (χ1n) is 7.23. The third kappa shape index (κ3) is 3.04. The first-order valence-corrected chi connectivity index (χ1v) is 7.23. The summed E-state index contributed by atoms with van der Waals surface area (Å²) in [6.45, 7) is 3.20. The van der Waals surface area contributed by atoms with Crippen LogP contribution in [0.15, 0.2) is 30.3 Å². The van der Waals surface area contributed by atoms with E-state index in [0.29, 0.717) is 0 Å². The minimum atomic E-state index is 0.772. The zero-order valence-electron chi connectivity index (χ0n) is 11.4. The summed E-state index contributed by atoms with van der Waals surface area (Å²) < 4.78 is 0. The van der Waals surface area contributed by atoms with Gasteiger partial charge < -0.3 is 10.3 Å². The molecule has 0 spiro atoms. The van der Waals surface area contributed by atoms with Crippen molar-refractivity contribution in [2.75, 3.05) is 6.54 Å². The SMILES string of the molecule is CCc1[nH]c(CCNC2CC2)nc1-c1ccccc1. The van der Waals surface area contributed by atoms with Crippen molar-refractivity contribution in [3.63, 3.8) is 0 Å². The van der Waals surface area contributed by atoms with Crippen LogP contribution in [0.4, 0.5) is 0 Å². The summed E-state index contributed by atoms with van der Waals surface area (Å²) in [4.78, 5) is 8.25. The van der Waals surface area contributed by atoms with E-state index in [1.54, 1.807) is 0 Å². The highest BCUT2D eigenvalue weighted by Gasteiger charge is 2.20. The van der Waals surface area contributed by atoms with E-state index in [1.807, 2.05) is 6.07 Å². The Hall–Kier alpha value is -1.61. The highest BCUT2D eigenvalue weighted by atomic mass is 15.0. The van der Waals surface area contributed by atoms with Gasteiger partial charge in [-0.05, 0) is 19.3 Å². The van der Waals surface area contributed by atoms with Gasteiger partial charge in [0.2, 0.25) is 0 Å². The lowest BCUT2D eigenvalue weighted by molar-refractivity contribution is 0.669. The van der Waals surface area contributed by atoms with E-state index in [-0.39, 0.29) is 0 Å². The van der Waals surface area contributed by atoms with Crippen LogP contribution in [0, 0.1) is 0 Å². The van der Waals surface area contributed by atoms with Crippen molar-refractivity contribution in [2.24, 2.45) is 0 Å². The molecule has 0 bridgehead atoms. The Morgan fingerprint density at radius 3 is 2.74 bits per heavy atom. The van der Waals surface area contributed by atoms with Crippen molar-refractivity contribution in [1.82, 2.24) is 15.3 Å². The molecule has 0 unspecified atom stereocenters. The number of imidazole rings is 1. The third-order valence-corrected chi connectivity index (χ3v) is 3.60. The number of nitrogens with zero attached hydrogens (tertiary/aromatic N) is 1. The average Bonchev–Trinajstić information content (AvgIpc) is 3.18. The molecule has 0 amide bonds. The van der Waals surface area contributed by atoms with Gasteiger partial charge in [-0.1, -0.05) is 37.3 Å². The molecule has 2 aromatic rings. The van der Waals surface area contributed by atoms with Gasteiger partial charge in [0.05, 0.1) is 5.69 Å². The minimum Gasteiger partial charge on any atom is -0.345 e.